The molecule has 0 aromatic heterocycles. The predicted octanol–water partition coefficient (Wildman–Crippen LogP) is 3.30. The summed E-state index contributed by atoms with van der Waals surface area (Å²) < 4.78 is 29.7. The average molecular weight is 373 g/mol. The number of carbonyl (C=O) groups excluding carboxylic acids is 2. The highest BCUT2D eigenvalue weighted by molar-refractivity contribution is 7.86. The molecule has 0 radical (unpaired) electrons. The molecule has 7 heteroatoms. The zero-order valence-corrected chi connectivity index (χ0v) is 15.4. The minimum Gasteiger partial charge on any atom is -0.268 e. The second-order valence-corrected chi connectivity index (χ2v) is 7.68. The summed E-state index contributed by atoms with van der Waals surface area (Å²) in [5.41, 5.74) is 1.48. The fraction of sp³-hybridized carbons (Fsp3) is 0.263. The van der Waals surface area contributed by atoms with Crippen LogP contribution in [-0.2, 0) is 14.3 Å². The van der Waals surface area contributed by atoms with Crippen LogP contribution in [0.1, 0.15) is 46.0 Å². The summed E-state index contributed by atoms with van der Waals surface area (Å²) in [6, 6.07) is 10.8. The van der Waals surface area contributed by atoms with Crippen molar-refractivity contribution in [2.24, 2.45) is 0 Å². The van der Waals surface area contributed by atoms with Crippen molar-refractivity contribution in [3.8, 4) is 0 Å². The van der Waals surface area contributed by atoms with Crippen molar-refractivity contribution in [1.29, 1.82) is 0 Å². The molecule has 0 saturated heterocycles. The number of hydrogen-bond acceptors (Lipinski definition) is 5. The Kier molecular flexibility index (Phi) is 4.93. The number of anilines is 1. The number of benzene rings is 2. The van der Waals surface area contributed by atoms with Crippen LogP contribution in [0.5, 0.6) is 0 Å². The second-order valence-electron chi connectivity index (χ2n) is 6.07. The summed E-state index contributed by atoms with van der Waals surface area (Å²) in [6.45, 7) is 3.74. The number of fused-ring (bicyclic) bond motifs is 1. The highest BCUT2D eigenvalue weighted by Gasteiger charge is 2.37. The van der Waals surface area contributed by atoms with Crippen molar-refractivity contribution >= 4 is 27.6 Å². The van der Waals surface area contributed by atoms with Gasteiger partial charge in [-0.15, -0.1) is 0 Å². The summed E-state index contributed by atoms with van der Waals surface area (Å²) in [5.74, 6) is -0.926. The predicted molar refractivity (Wildman–Crippen MR) is 96.8 cm³/mol. The Balaban J connectivity index is 2.00. The van der Waals surface area contributed by atoms with E-state index in [1.807, 2.05) is 6.92 Å². The van der Waals surface area contributed by atoms with Crippen molar-refractivity contribution in [3.63, 3.8) is 0 Å². The third-order valence-corrected chi connectivity index (χ3v) is 5.55. The summed E-state index contributed by atoms with van der Waals surface area (Å²) >= 11 is 0. The Morgan fingerprint density at radius 3 is 2.19 bits per heavy atom. The maximum Gasteiger partial charge on any atom is 0.297 e. The summed E-state index contributed by atoms with van der Waals surface area (Å²) in [7, 11) is -3.95. The molecule has 3 rings (SSSR count). The molecular formula is C19H19NO5S. The second kappa shape index (κ2) is 7.01. The quantitative estimate of drug-likeness (QED) is 0.441. The third-order valence-electron chi connectivity index (χ3n) is 4.24. The lowest BCUT2D eigenvalue weighted by Gasteiger charge is -2.18. The molecular weight excluding hydrogens is 354 g/mol. The number of nitrogens with zero attached hydrogens (tertiary/aromatic N) is 1. The van der Waals surface area contributed by atoms with Gasteiger partial charge in [-0.2, -0.15) is 8.42 Å². The lowest BCUT2D eigenvalue weighted by Crippen LogP contribution is -2.30. The minimum atomic E-state index is -3.95. The van der Waals surface area contributed by atoms with E-state index in [1.54, 1.807) is 37.3 Å². The number of carbonyl (C=O) groups is 2. The van der Waals surface area contributed by atoms with Crippen LogP contribution >= 0.6 is 0 Å². The molecule has 0 unspecified atom stereocenters. The van der Waals surface area contributed by atoms with Gasteiger partial charge in [0.2, 0.25) is 0 Å². The minimum absolute atomic E-state index is 0.0780. The summed E-state index contributed by atoms with van der Waals surface area (Å²) in [6.07, 6.45) is 1.43. The summed E-state index contributed by atoms with van der Waals surface area (Å²) in [4.78, 5) is 26.3. The van der Waals surface area contributed by atoms with Gasteiger partial charge in [0, 0.05) is 0 Å². The van der Waals surface area contributed by atoms with Gasteiger partial charge in [-0.05, 0) is 43.2 Å². The van der Waals surface area contributed by atoms with Gasteiger partial charge in [-0.1, -0.05) is 31.5 Å². The molecule has 0 aliphatic carbocycles. The fourth-order valence-electron chi connectivity index (χ4n) is 2.77. The number of unbranched alkanes of at least 4 members (excludes halogenated alkanes) is 1. The van der Waals surface area contributed by atoms with Crippen molar-refractivity contribution in [3.05, 3.63) is 59.2 Å². The van der Waals surface area contributed by atoms with Crippen LogP contribution in [0.4, 0.5) is 5.69 Å². The Labute approximate surface area is 152 Å². The Morgan fingerprint density at radius 2 is 1.62 bits per heavy atom. The van der Waals surface area contributed by atoms with E-state index in [9.17, 15) is 18.0 Å². The molecule has 0 spiro atoms. The molecule has 0 atom stereocenters. The first-order chi connectivity index (χ1) is 12.4. The molecule has 0 N–H and O–H groups in total. The maximum absolute atomic E-state index is 12.7. The van der Waals surface area contributed by atoms with Gasteiger partial charge in [0.15, 0.2) is 0 Å². The number of aryl methyl sites for hydroxylation is 1. The molecule has 26 heavy (non-hydrogen) atoms. The van der Waals surface area contributed by atoms with Crippen LogP contribution in [-0.4, -0.2) is 26.8 Å². The highest BCUT2D eigenvalue weighted by atomic mass is 32.2. The summed E-state index contributed by atoms with van der Waals surface area (Å²) in [5, 5.41) is 0. The van der Waals surface area contributed by atoms with Crippen molar-refractivity contribution < 1.29 is 22.2 Å². The zero-order chi connectivity index (χ0) is 18.9. The van der Waals surface area contributed by atoms with Crippen LogP contribution < -0.4 is 4.90 Å². The maximum atomic E-state index is 12.7. The molecule has 2 amide bonds. The molecule has 2 aromatic rings. The van der Waals surface area contributed by atoms with Crippen LogP contribution in [0.15, 0.2) is 47.4 Å². The van der Waals surface area contributed by atoms with E-state index in [0.717, 1.165) is 11.3 Å². The van der Waals surface area contributed by atoms with E-state index in [0.29, 0.717) is 23.1 Å². The Bertz CT molecular complexity index is 946. The first-order valence-electron chi connectivity index (χ1n) is 8.34. The molecule has 2 aromatic carbocycles. The molecule has 0 saturated carbocycles. The number of rotatable bonds is 6. The molecule has 6 nitrogen and oxygen atoms in total. The van der Waals surface area contributed by atoms with Crippen molar-refractivity contribution in [2.45, 2.75) is 31.6 Å². The van der Waals surface area contributed by atoms with Gasteiger partial charge in [0.1, 0.15) is 0 Å². The lowest BCUT2D eigenvalue weighted by molar-refractivity contribution is 0.0925. The molecule has 136 valence electrons. The topological polar surface area (TPSA) is 80.8 Å². The number of imide groups is 1. The first kappa shape index (κ1) is 18.3. The van der Waals surface area contributed by atoms with Crippen LogP contribution in [0.3, 0.4) is 0 Å². The van der Waals surface area contributed by atoms with Gasteiger partial charge >= 0.3 is 0 Å². The van der Waals surface area contributed by atoms with Gasteiger partial charge in [-0.25, -0.2) is 4.90 Å². The highest BCUT2D eigenvalue weighted by Crippen LogP contribution is 2.32. The number of hydrogen-bond donors (Lipinski definition) is 0. The van der Waals surface area contributed by atoms with Gasteiger partial charge < -0.3 is 0 Å². The van der Waals surface area contributed by atoms with Crippen LogP contribution in [0, 0.1) is 6.92 Å². The van der Waals surface area contributed by atoms with Crippen LogP contribution in [0.2, 0.25) is 0 Å². The van der Waals surface area contributed by atoms with E-state index in [1.165, 1.54) is 12.1 Å². The smallest absolute Gasteiger partial charge is 0.268 e. The molecule has 0 bridgehead atoms. The van der Waals surface area contributed by atoms with Gasteiger partial charge in [0.25, 0.3) is 21.9 Å². The molecule has 1 aliphatic heterocycles. The van der Waals surface area contributed by atoms with E-state index in [4.69, 9.17) is 4.18 Å². The van der Waals surface area contributed by atoms with Gasteiger partial charge in [-0.3, -0.25) is 13.8 Å². The van der Waals surface area contributed by atoms with E-state index in [-0.39, 0.29) is 17.2 Å². The normalized spacial score (nSPS) is 14.0. The standard InChI is InChI=1S/C19H19NO5S/c1-3-4-11-25-26(23,24)14-10-9-13(2)17(12-14)20-18(21)15-7-5-6-8-16(15)19(20)22/h5-10,12H,3-4,11H2,1-2H3. The van der Waals surface area contributed by atoms with Crippen LogP contribution in [0.25, 0.3) is 0 Å². The third kappa shape index (κ3) is 3.15. The van der Waals surface area contributed by atoms with E-state index >= 15 is 0 Å². The van der Waals surface area contributed by atoms with E-state index in [2.05, 4.69) is 0 Å². The average Bonchev–Trinajstić information content (AvgIpc) is 2.87. The zero-order valence-electron chi connectivity index (χ0n) is 14.6. The largest absolute Gasteiger partial charge is 0.297 e. The fourth-order valence-corrected chi connectivity index (χ4v) is 3.74. The SMILES string of the molecule is CCCCOS(=O)(=O)c1ccc(C)c(N2C(=O)c3ccccc3C2=O)c1. The van der Waals surface area contributed by atoms with Gasteiger partial charge in [0.05, 0.1) is 28.3 Å². The van der Waals surface area contributed by atoms with Crippen molar-refractivity contribution in [2.75, 3.05) is 11.5 Å². The lowest BCUT2D eigenvalue weighted by atomic mass is 10.1. The Morgan fingerprint density at radius 1 is 1.00 bits per heavy atom. The molecule has 1 aliphatic rings. The number of amides is 2. The molecule has 0 fully saturated rings. The Hall–Kier alpha value is -2.51. The van der Waals surface area contributed by atoms with E-state index < -0.39 is 21.9 Å². The van der Waals surface area contributed by atoms with Crippen molar-refractivity contribution in [1.82, 2.24) is 0 Å². The monoisotopic (exact) mass is 373 g/mol. The first-order valence-corrected chi connectivity index (χ1v) is 9.75. The molecule has 1 heterocycles.